The molecule has 2 atom stereocenters. The molecule has 0 aromatic heterocycles. The SMILES string of the molecule is CC[C@H](C)[C@@H](NCCC(=O)c1ccc(OCCC(C)C)cc1)C(=O)O. The normalized spacial score (nSPS) is 13.5. The molecule has 0 fully saturated rings. The molecule has 0 heterocycles. The Labute approximate surface area is 150 Å². The Hall–Kier alpha value is -1.88. The lowest BCUT2D eigenvalue weighted by Crippen LogP contribution is -2.42. The molecule has 0 aliphatic carbocycles. The lowest BCUT2D eigenvalue weighted by molar-refractivity contribution is -0.140. The highest BCUT2D eigenvalue weighted by atomic mass is 16.5. The van der Waals surface area contributed by atoms with Gasteiger partial charge < -0.3 is 15.2 Å². The van der Waals surface area contributed by atoms with Gasteiger partial charge in [0, 0.05) is 18.5 Å². The number of carbonyl (C=O) groups excluding carboxylic acids is 1. The fourth-order valence-electron chi connectivity index (χ4n) is 2.40. The van der Waals surface area contributed by atoms with Gasteiger partial charge in [0.2, 0.25) is 0 Å². The number of nitrogens with one attached hydrogen (secondary N) is 1. The van der Waals surface area contributed by atoms with Crippen molar-refractivity contribution in [2.45, 2.75) is 53.0 Å². The molecule has 5 heteroatoms. The summed E-state index contributed by atoms with van der Waals surface area (Å²) < 4.78 is 5.64. The van der Waals surface area contributed by atoms with Gasteiger partial charge in [-0.15, -0.1) is 0 Å². The van der Waals surface area contributed by atoms with Gasteiger partial charge in [0.15, 0.2) is 5.78 Å². The lowest BCUT2D eigenvalue weighted by atomic mass is 9.99. The summed E-state index contributed by atoms with van der Waals surface area (Å²) in [6.07, 6.45) is 2.04. The van der Waals surface area contributed by atoms with Crippen LogP contribution in [-0.2, 0) is 4.79 Å². The van der Waals surface area contributed by atoms with Crippen molar-refractivity contribution in [1.82, 2.24) is 5.32 Å². The van der Waals surface area contributed by atoms with Gasteiger partial charge in [-0.1, -0.05) is 34.1 Å². The van der Waals surface area contributed by atoms with E-state index in [4.69, 9.17) is 4.74 Å². The molecule has 25 heavy (non-hydrogen) atoms. The largest absolute Gasteiger partial charge is 0.494 e. The van der Waals surface area contributed by atoms with Crippen molar-refractivity contribution in [3.05, 3.63) is 29.8 Å². The highest BCUT2D eigenvalue weighted by Gasteiger charge is 2.22. The Kier molecular flexibility index (Phi) is 9.21. The molecule has 0 amide bonds. The Morgan fingerprint density at radius 3 is 2.32 bits per heavy atom. The third-order valence-corrected chi connectivity index (χ3v) is 4.34. The zero-order valence-electron chi connectivity index (χ0n) is 15.7. The molecule has 0 saturated heterocycles. The molecule has 0 unspecified atom stereocenters. The van der Waals surface area contributed by atoms with Crippen LogP contribution in [0.15, 0.2) is 24.3 Å². The molecule has 5 nitrogen and oxygen atoms in total. The van der Waals surface area contributed by atoms with E-state index in [9.17, 15) is 14.7 Å². The van der Waals surface area contributed by atoms with Crippen LogP contribution < -0.4 is 10.1 Å². The van der Waals surface area contributed by atoms with E-state index in [0.29, 0.717) is 24.6 Å². The van der Waals surface area contributed by atoms with E-state index in [1.807, 2.05) is 13.8 Å². The van der Waals surface area contributed by atoms with Gasteiger partial charge in [0.1, 0.15) is 11.8 Å². The molecular weight excluding hydrogens is 318 g/mol. The number of carboxylic acids is 1. The van der Waals surface area contributed by atoms with Crippen LogP contribution >= 0.6 is 0 Å². The zero-order chi connectivity index (χ0) is 18.8. The predicted octanol–water partition coefficient (Wildman–Crippen LogP) is 3.77. The minimum Gasteiger partial charge on any atom is -0.494 e. The summed E-state index contributed by atoms with van der Waals surface area (Å²) in [7, 11) is 0. The van der Waals surface area contributed by atoms with Crippen LogP contribution in [0, 0.1) is 11.8 Å². The molecule has 140 valence electrons. The first-order chi connectivity index (χ1) is 11.8. The summed E-state index contributed by atoms with van der Waals surface area (Å²) in [6.45, 7) is 9.17. The molecule has 1 aromatic rings. The number of rotatable bonds is 12. The van der Waals surface area contributed by atoms with Crippen molar-refractivity contribution in [3.8, 4) is 5.75 Å². The third-order valence-electron chi connectivity index (χ3n) is 4.34. The molecule has 1 rings (SSSR count). The monoisotopic (exact) mass is 349 g/mol. The number of carboxylic acid groups (broad SMARTS) is 1. The van der Waals surface area contributed by atoms with E-state index in [2.05, 4.69) is 19.2 Å². The van der Waals surface area contributed by atoms with Crippen LogP contribution in [0.3, 0.4) is 0 Å². The van der Waals surface area contributed by atoms with E-state index in [0.717, 1.165) is 18.6 Å². The molecule has 0 aliphatic rings. The van der Waals surface area contributed by atoms with Crippen LogP contribution in [0.1, 0.15) is 57.3 Å². The molecule has 2 N–H and O–H groups in total. The fourth-order valence-corrected chi connectivity index (χ4v) is 2.40. The van der Waals surface area contributed by atoms with E-state index < -0.39 is 12.0 Å². The highest BCUT2D eigenvalue weighted by molar-refractivity contribution is 5.96. The second-order valence-electron chi connectivity index (χ2n) is 6.88. The average molecular weight is 349 g/mol. The summed E-state index contributed by atoms with van der Waals surface area (Å²) in [5.74, 6) is 0.505. The molecule has 0 saturated carbocycles. The Balaban J connectivity index is 2.45. The maximum atomic E-state index is 12.2. The Bertz CT molecular complexity index is 539. The van der Waals surface area contributed by atoms with Crippen molar-refractivity contribution in [1.29, 1.82) is 0 Å². The standard InChI is InChI=1S/C20H31NO4/c1-5-15(4)19(20(23)24)21-12-10-18(22)16-6-8-17(9-7-16)25-13-11-14(2)3/h6-9,14-15,19,21H,5,10-13H2,1-4H3,(H,23,24)/t15-,19+/m0/s1. The molecule has 0 bridgehead atoms. The molecular formula is C20H31NO4. The van der Waals surface area contributed by atoms with Crippen LogP contribution in [0.2, 0.25) is 0 Å². The summed E-state index contributed by atoms with van der Waals surface area (Å²) in [6, 6.07) is 6.52. The summed E-state index contributed by atoms with van der Waals surface area (Å²) in [5, 5.41) is 12.2. The Morgan fingerprint density at radius 1 is 1.16 bits per heavy atom. The molecule has 0 spiro atoms. The van der Waals surface area contributed by atoms with Crippen molar-refractivity contribution >= 4 is 11.8 Å². The first kappa shape index (κ1) is 21.2. The van der Waals surface area contributed by atoms with Gasteiger partial charge in [-0.3, -0.25) is 9.59 Å². The van der Waals surface area contributed by atoms with Gasteiger partial charge in [-0.2, -0.15) is 0 Å². The summed E-state index contributed by atoms with van der Waals surface area (Å²) in [4.78, 5) is 23.5. The Morgan fingerprint density at radius 2 is 1.80 bits per heavy atom. The first-order valence-corrected chi connectivity index (χ1v) is 9.07. The van der Waals surface area contributed by atoms with Crippen molar-refractivity contribution in [2.24, 2.45) is 11.8 Å². The van der Waals surface area contributed by atoms with Crippen molar-refractivity contribution in [2.75, 3.05) is 13.2 Å². The number of hydrogen-bond donors (Lipinski definition) is 2. The molecule has 1 aromatic carbocycles. The van der Waals surface area contributed by atoms with Gasteiger partial charge in [0.25, 0.3) is 0 Å². The lowest BCUT2D eigenvalue weighted by Gasteiger charge is -2.19. The van der Waals surface area contributed by atoms with E-state index >= 15 is 0 Å². The molecule has 0 aliphatic heterocycles. The predicted molar refractivity (Wildman–Crippen MR) is 99.2 cm³/mol. The van der Waals surface area contributed by atoms with Crippen molar-refractivity contribution in [3.63, 3.8) is 0 Å². The van der Waals surface area contributed by atoms with E-state index in [-0.39, 0.29) is 18.1 Å². The topological polar surface area (TPSA) is 75.6 Å². The number of benzene rings is 1. The number of Topliss-reactive ketones (excluding diaryl/α,β-unsaturated/α-hetero) is 1. The fraction of sp³-hybridized carbons (Fsp3) is 0.600. The van der Waals surface area contributed by atoms with Gasteiger partial charge >= 0.3 is 5.97 Å². The highest BCUT2D eigenvalue weighted by Crippen LogP contribution is 2.15. The molecule has 0 radical (unpaired) electrons. The van der Waals surface area contributed by atoms with Gasteiger partial charge in [-0.05, 0) is 42.5 Å². The number of carbonyl (C=O) groups is 2. The minimum absolute atomic E-state index is 0.00507. The number of hydrogen-bond acceptors (Lipinski definition) is 4. The van der Waals surface area contributed by atoms with Crippen LogP contribution in [0.25, 0.3) is 0 Å². The van der Waals surface area contributed by atoms with E-state index in [1.165, 1.54) is 0 Å². The van der Waals surface area contributed by atoms with Crippen LogP contribution in [0.4, 0.5) is 0 Å². The number of ketones is 1. The van der Waals surface area contributed by atoms with Crippen LogP contribution in [-0.4, -0.2) is 36.1 Å². The second-order valence-corrected chi connectivity index (χ2v) is 6.88. The number of aliphatic carboxylic acids is 1. The smallest absolute Gasteiger partial charge is 0.320 e. The number of ether oxygens (including phenoxy) is 1. The van der Waals surface area contributed by atoms with Gasteiger partial charge in [0.05, 0.1) is 6.61 Å². The third kappa shape index (κ3) is 7.69. The maximum Gasteiger partial charge on any atom is 0.320 e. The second kappa shape index (κ2) is 10.9. The first-order valence-electron chi connectivity index (χ1n) is 9.07. The summed E-state index contributed by atoms with van der Waals surface area (Å²) >= 11 is 0. The minimum atomic E-state index is -0.871. The van der Waals surface area contributed by atoms with Crippen molar-refractivity contribution < 1.29 is 19.4 Å². The average Bonchev–Trinajstić information content (AvgIpc) is 2.57. The maximum absolute atomic E-state index is 12.2. The van der Waals surface area contributed by atoms with Gasteiger partial charge in [-0.25, -0.2) is 0 Å². The van der Waals surface area contributed by atoms with Crippen LogP contribution in [0.5, 0.6) is 5.75 Å². The zero-order valence-corrected chi connectivity index (χ0v) is 15.7. The van der Waals surface area contributed by atoms with E-state index in [1.54, 1.807) is 24.3 Å². The summed E-state index contributed by atoms with van der Waals surface area (Å²) in [5.41, 5.74) is 0.619. The quantitative estimate of drug-likeness (QED) is 0.562.